The maximum absolute atomic E-state index is 13.1. The van der Waals surface area contributed by atoms with E-state index in [4.69, 9.17) is 11.6 Å². The predicted molar refractivity (Wildman–Crippen MR) is 99.2 cm³/mol. The number of nitrogens with one attached hydrogen (secondary N) is 1. The standard InChI is InChI=1S/C20H29ClN2O/c1-15-6-5-13-23(14-15)19(16-9-11-17(21)12-10-16)20(24)22-18-7-3-2-4-8-18/h9-12,15,18-19H,2-8,13-14H2,1H3,(H,22,24). The Hall–Kier alpha value is -1.06. The minimum absolute atomic E-state index is 0.165. The van der Waals surface area contributed by atoms with E-state index >= 15 is 0 Å². The smallest absolute Gasteiger partial charge is 0.242 e. The lowest BCUT2D eigenvalue weighted by Gasteiger charge is -2.37. The molecule has 0 bridgehead atoms. The van der Waals surface area contributed by atoms with Crippen molar-refractivity contribution in [3.05, 3.63) is 34.9 Å². The molecule has 1 aromatic carbocycles. The third kappa shape index (κ3) is 4.52. The zero-order valence-corrected chi connectivity index (χ0v) is 15.4. The molecule has 1 aliphatic carbocycles. The van der Waals surface area contributed by atoms with Crippen LogP contribution >= 0.6 is 11.6 Å². The largest absolute Gasteiger partial charge is 0.352 e. The van der Waals surface area contributed by atoms with Crippen molar-refractivity contribution in [2.45, 2.75) is 64.0 Å². The van der Waals surface area contributed by atoms with Gasteiger partial charge in [0.1, 0.15) is 6.04 Å². The molecule has 24 heavy (non-hydrogen) atoms. The van der Waals surface area contributed by atoms with E-state index in [2.05, 4.69) is 17.1 Å². The van der Waals surface area contributed by atoms with E-state index < -0.39 is 0 Å². The lowest BCUT2D eigenvalue weighted by molar-refractivity contribution is -0.128. The normalized spacial score (nSPS) is 24.5. The highest BCUT2D eigenvalue weighted by molar-refractivity contribution is 6.30. The Morgan fingerprint density at radius 1 is 1.12 bits per heavy atom. The summed E-state index contributed by atoms with van der Waals surface area (Å²) in [5.41, 5.74) is 1.06. The van der Waals surface area contributed by atoms with E-state index in [1.165, 1.54) is 32.1 Å². The number of benzene rings is 1. The molecule has 4 heteroatoms. The first kappa shape index (κ1) is 17.8. The third-order valence-corrected chi connectivity index (χ3v) is 5.69. The fraction of sp³-hybridized carbons (Fsp3) is 0.650. The molecule has 3 nitrogen and oxygen atoms in total. The Morgan fingerprint density at radius 2 is 1.83 bits per heavy atom. The van der Waals surface area contributed by atoms with Crippen LogP contribution in [0.3, 0.4) is 0 Å². The lowest BCUT2D eigenvalue weighted by atomic mass is 9.93. The molecular formula is C20H29ClN2O. The maximum Gasteiger partial charge on any atom is 0.242 e. The molecule has 2 unspecified atom stereocenters. The molecule has 0 aromatic heterocycles. The molecule has 1 saturated carbocycles. The highest BCUT2D eigenvalue weighted by Crippen LogP contribution is 2.29. The first-order valence-electron chi connectivity index (χ1n) is 9.43. The van der Waals surface area contributed by atoms with Crippen molar-refractivity contribution in [2.75, 3.05) is 13.1 Å². The van der Waals surface area contributed by atoms with Gasteiger partial charge in [-0.1, -0.05) is 49.9 Å². The number of likely N-dealkylation sites (tertiary alicyclic amines) is 1. The van der Waals surface area contributed by atoms with Crippen LogP contribution in [0, 0.1) is 5.92 Å². The highest BCUT2D eigenvalue weighted by Gasteiger charge is 2.31. The van der Waals surface area contributed by atoms with Crippen LogP contribution in [-0.2, 0) is 4.79 Å². The van der Waals surface area contributed by atoms with Crippen LogP contribution in [0.25, 0.3) is 0 Å². The fourth-order valence-corrected chi connectivity index (χ4v) is 4.29. The summed E-state index contributed by atoms with van der Waals surface area (Å²) in [6.45, 7) is 4.27. The molecule has 0 radical (unpaired) electrons. The molecule has 0 spiro atoms. The summed E-state index contributed by atoms with van der Waals surface area (Å²) in [5, 5.41) is 4.05. The Balaban J connectivity index is 1.77. The summed E-state index contributed by atoms with van der Waals surface area (Å²) >= 11 is 6.05. The monoisotopic (exact) mass is 348 g/mol. The van der Waals surface area contributed by atoms with Gasteiger partial charge >= 0.3 is 0 Å². The van der Waals surface area contributed by atoms with Crippen LogP contribution in [0.4, 0.5) is 0 Å². The summed E-state index contributed by atoms with van der Waals surface area (Å²) in [4.78, 5) is 15.5. The topological polar surface area (TPSA) is 32.3 Å². The second-order valence-corrected chi connectivity index (χ2v) is 7.98. The van der Waals surface area contributed by atoms with Crippen molar-refractivity contribution in [3.63, 3.8) is 0 Å². The first-order chi connectivity index (χ1) is 11.6. The van der Waals surface area contributed by atoms with E-state index in [9.17, 15) is 4.79 Å². The molecule has 1 amide bonds. The summed E-state index contributed by atoms with van der Waals surface area (Å²) < 4.78 is 0. The fourth-order valence-electron chi connectivity index (χ4n) is 4.16. The van der Waals surface area contributed by atoms with E-state index in [0.717, 1.165) is 36.5 Å². The van der Waals surface area contributed by atoms with Crippen LogP contribution in [0.2, 0.25) is 5.02 Å². The molecule has 2 atom stereocenters. The van der Waals surface area contributed by atoms with Gasteiger partial charge in [0.2, 0.25) is 5.91 Å². The van der Waals surface area contributed by atoms with Gasteiger partial charge in [-0.2, -0.15) is 0 Å². The second-order valence-electron chi connectivity index (χ2n) is 7.54. The SMILES string of the molecule is CC1CCCN(C(C(=O)NC2CCCCC2)c2ccc(Cl)cc2)C1. The molecule has 3 rings (SSSR count). The van der Waals surface area contributed by atoms with E-state index in [1.54, 1.807) is 0 Å². The lowest BCUT2D eigenvalue weighted by Crippen LogP contribution is -2.47. The van der Waals surface area contributed by atoms with Gasteiger partial charge in [0, 0.05) is 17.6 Å². The molecule has 132 valence electrons. The summed E-state index contributed by atoms with van der Waals surface area (Å²) in [7, 11) is 0. The van der Waals surface area contributed by atoms with E-state index in [1.807, 2.05) is 24.3 Å². The number of nitrogens with zero attached hydrogens (tertiary/aromatic N) is 1. The van der Waals surface area contributed by atoms with Crippen molar-refractivity contribution in [1.29, 1.82) is 0 Å². The number of amides is 1. The summed E-state index contributed by atoms with van der Waals surface area (Å²) in [6, 6.07) is 7.96. The van der Waals surface area contributed by atoms with Crippen molar-refractivity contribution in [3.8, 4) is 0 Å². The van der Waals surface area contributed by atoms with Gasteiger partial charge in [0.05, 0.1) is 0 Å². The van der Waals surface area contributed by atoms with Gasteiger partial charge in [-0.05, 0) is 55.8 Å². The molecule has 1 heterocycles. The molecular weight excluding hydrogens is 320 g/mol. The van der Waals surface area contributed by atoms with Crippen molar-refractivity contribution in [1.82, 2.24) is 10.2 Å². The molecule has 1 saturated heterocycles. The van der Waals surface area contributed by atoms with Crippen LogP contribution < -0.4 is 5.32 Å². The molecule has 1 aliphatic heterocycles. The first-order valence-corrected chi connectivity index (χ1v) is 9.81. The number of piperidine rings is 1. The Bertz CT molecular complexity index is 539. The van der Waals surface area contributed by atoms with Gasteiger partial charge in [-0.25, -0.2) is 0 Å². The zero-order chi connectivity index (χ0) is 16.9. The van der Waals surface area contributed by atoms with Gasteiger partial charge in [-0.15, -0.1) is 0 Å². The number of carbonyl (C=O) groups is 1. The summed E-state index contributed by atoms with van der Waals surface area (Å²) in [5.74, 6) is 0.814. The predicted octanol–water partition coefficient (Wildman–Crippen LogP) is 4.56. The maximum atomic E-state index is 13.1. The van der Waals surface area contributed by atoms with Crippen molar-refractivity contribution >= 4 is 17.5 Å². The van der Waals surface area contributed by atoms with Crippen molar-refractivity contribution in [2.24, 2.45) is 5.92 Å². The highest BCUT2D eigenvalue weighted by atomic mass is 35.5. The average Bonchev–Trinajstić information content (AvgIpc) is 2.58. The second kappa shape index (κ2) is 8.35. The van der Waals surface area contributed by atoms with E-state index in [0.29, 0.717) is 12.0 Å². The van der Waals surface area contributed by atoms with Gasteiger partial charge < -0.3 is 5.32 Å². The van der Waals surface area contributed by atoms with Gasteiger partial charge in [0.15, 0.2) is 0 Å². The number of halogens is 1. The quantitative estimate of drug-likeness (QED) is 0.864. The Morgan fingerprint density at radius 3 is 2.50 bits per heavy atom. The minimum atomic E-state index is -0.188. The molecule has 2 fully saturated rings. The summed E-state index contributed by atoms with van der Waals surface area (Å²) in [6.07, 6.45) is 8.44. The zero-order valence-electron chi connectivity index (χ0n) is 14.6. The molecule has 1 N–H and O–H groups in total. The molecule has 2 aliphatic rings. The van der Waals surface area contributed by atoms with E-state index in [-0.39, 0.29) is 11.9 Å². The third-order valence-electron chi connectivity index (χ3n) is 5.44. The number of hydrogen-bond donors (Lipinski definition) is 1. The number of carbonyl (C=O) groups excluding carboxylic acids is 1. The minimum Gasteiger partial charge on any atom is -0.352 e. The van der Waals surface area contributed by atoms with Gasteiger partial charge in [0.25, 0.3) is 0 Å². The van der Waals surface area contributed by atoms with Crippen LogP contribution in [0.5, 0.6) is 0 Å². The number of hydrogen-bond acceptors (Lipinski definition) is 2. The average molecular weight is 349 g/mol. The Kier molecular flexibility index (Phi) is 6.18. The van der Waals surface area contributed by atoms with Crippen LogP contribution in [0.15, 0.2) is 24.3 Å². The van der Waals surface area contributed by atoms with Crippen molar-refractivity contribution < 1.29 is 4.79 Å². The number of rotatable bonds is 4. The van der Waals surface area contributed by atoms with Crippen LogP contribution in [-0.4, -0.2) is 29.9 Å². The van der Waals surface area contributed by atoms with Crippen LogP contribution in [0.1, 0.15) is 63.5 Å². The van der Waals surface area contributed by atoms with Gasteiger partial charge in [-0.3, -0.25) is 9.69 Å². The molecule has 1 aromatic rings. The Labute approximate surface area is 150 Å².